The Hall–Kier alpha value is -2.03. The molecule has 0 saturated carbocycles. The van der Waals surface area contributed by atoms with Crippen molar-refractivity contribution in [2.75, 3.05) is 31.1 Å². The number of amides is 4. The van der Waals surface area contributed by atoms with Crippen molar-refractivity contribution in [1.29, 1.82) is 0 Å². The van der Waals surface area contributed by atoms with E-state index in [1.54, 1.807) is 13.0 Å². The number of hydrogen-bond donors (Lipinski definition) is 3. The third-order valence-electron chi connectivity index (χ3n) is 5.78. The maximum Gasteiger partial charge on any atom is 0.322 e. The minimum atomic E-state index is -1.13. The number of imide groups is 1. The molecular formula is C20H27Cl2N5O3. The van der Waals surface area contributed by atoms with Gasteiger partial charge in [0.05, 0.1) is 0 Å². The predicted molar refractivity (Wildman–Crippen MR) is 117 cm³/mol. The first-order chi connectivity index (χ1) is 14.1. The Morgan fingerprint density at radius 3 is 2.47 bits per heavy atom. The summed E-state index contributed by atoms with van der Waals surface area (Å²) in [5, 5.41) is 6.07. The number of rotatable bonds is 6. The highest BCUT2D eigenvalue weighted by molar-refractivity contribution is 6.35. The van der Waals surface area contributed by atoms with Crippen LogP contribution in [0.4, 0.5) is 10.5 Å². The fourth-order valence-electron chi connectivity index (χ4n) is 4.36. The van der Waals surface area contributed by atoms with Crippen LogP contribution in [0.15, 0.2) is 18.2 Å². The average molecular weight is 456 g/mol. The van der Waals surface area contributed by atoms with E-state index in [9.17, 15) is 14.4 Å². The summed E-state index contributed by atoms with van der Waals surface area (Å²) in [6.07, 6.45) is 0.487. The molecule has 2 fully saturated rings. The van der Waals surface area contributed by atoms with Crippen LogP contribution >= 0.6 is 23.2 Å². The van der Waals surface area contributed by atoms with Crippen LogP contribution < -0.4 is 21.3 Å². The summed E-state index contributed by atoms with van der Waals surface area (Å²) < 4.78 is 0. The van der Waals surface area contributed by atoms with Crippen molar-refractivity contribution in [3.8, 4) is 0 Å². The molecule has 1 aromatic carbocycles. The average Bonchev–Trinajstić information content (AvgIpc) is 2.93. The number of anilines is 1. The van der Waals surface area contributed by atoms with Gasteiger partial charge in [-0.05, 0) is 44.5 Å². The van der Waals surface area contributed by atoms with Crippen LogP contribution in [0.25, 0.3) is 0 Å². The zero-order valence-electron chi connectivity index (χ0n) is 17.1. The second-order valence-electron chi connectivity index (χ2n) is 8.09. The van der Waals surface area contributed by atoms with Crippen LogP contribution in [0.1, 0.15) is 26.7 Å². The van der Waals surface area contributed by atoms with Gasteiger partial charge < -0.3 is 20.9 Å². The highest BCUT2D eigenvalue weighted by atomic mass is 35.5. The van der Waals surface area contributed by atoms with Gasteiger partial charge in [0.1, 0.15) is 5.54 Å². The third-order valence-corrected chi connectivity index (χ3v) is 6.22. The van der Waals surface area contributed by atoms with Gasteiger partial charge in [-0.1, -0.05) is 30.1 Å². The van der Waals surface area contributed by atoms with Crippen molar-refractivity contribution in [3.63, 3.8) is 0 Å². The van der Waals surface area contributed by atoms with Gasteiger partial charge in [-0.25, -0.2) is 4.79 Å². The summed E-state index contributed by atoms with van der Waals surface area (Å²) in [6, 6.07) is 4.94. The molecule has 10 heteroatoms. The maximum atomic E-state index is 13.1. The molecular weight excluding hydrogens is 429 g/mol. The van der Waals surface area contributed by atoms with Gasteiger partial charge in [0.25, 0.3) is 5.91 Å². The summed E-state index contributed by atoms with van der Waals surface area (Å²) >= 11 is 12.3. The number of nitrogens with two attached hydrogens (primary N) is 1. The molecule has 30 heavy (non-hydrogen) atoms. The van der Waals surface area contributed by atoms with Gasteiger partial charge in [-0.3, -0.25) is 14.9 Å². The van der Waals surface area contributed by atoms with Crippen LogP contribution in [0.3, 0.4) is 0 Å². The SMILES string of the molecule is CC(CC1(CCN)NC(=O)NC1=O)C(=O)N1CCN(c2cc(Cl)cc(Cl)c2)[C@@H](C)C1. The molecule has 0 bridgehead atoms. The summed E-state index contributed by atoms with van der Waals surface area (Å²) in [5.41, 5.74) is 5.45. The van der Waals surface area contributed by atoms with Gasteiger partial charge in [-0.2, -0.15) is 0 Å². The molecule has 164 valence electrons. The molecule has 2 aliphatic heterocycles. The van der Waals surface area contributed by atoms with Crippen molar-refractivity contribution in [2.24, 2.45) is 11.7 Å². The molecule has 3 rings (SSSR count). The lowest BCUT2D eigenvalue weighted by Crippen LogP contribution is -2.56. The highest BCUT2D eigenvalue weighted by Crippen LogP contribution is 2.30. The van der Waals surface area contributed by atoms with Crippen molar-refractivity contribution in [2.45, 2.75) is 38.3 Å². The first-order valence-corrected chi connectivity index (χ1v) is 10.8. The Labute approximate surface area is 186 Å². The van der Waals surface area contributed by atoms with Crippen LogP contribution in [-0.4, -0.2) is 60.5 Å². The first-order valence-electron chi connectivity index (χ1n) is 10.0. The van der Waals surface area contributed by atoms with Crippen LogP contribution in [0.5, 0.6) is 0 Å². The Morgan fingerprint density at radius 1 is 1.27 bits per heavy atom. The van der Waals surface area contributed by atoms with Crippen LogP contribution in [0.2, 0.25) is 10.0 Å². The van der Waals surface area contributed by atoms with E-state index in [0.29, 0.717) is 29.7 Å². The van der Waals surface area contributed by atoms with E-state index >= 15 is 0 Å². The number of halogens is 2. The molecule has 2 saturated heterocycles. The van der Waals surface area contributed by atoms with Gasteiger partial charge in [0, 0.05) is 47.3 Å². The predicted octanol–water partition coefficient (Wildman–Crippen LogP) is 1.98. The van der Waals surface area contributed by atoms with Crippen LogP contribution in [0, 0.1) is 5.92 Å². The van der Waals surface area contributed by atoms with E-state index < -0.39 is 23.4 Å². The fraction of sp³-hybridized carbons (Fsp3) is 0.550. The number of nitrogens with zero attached hydrogens (tertiary/aromatic N) is 2. The van der Waals surface area contributed by atoms with Gasteiger partial charge in [0.15, 0.2) is 0 Å². The van der Waals surface area contributed by atoms with Crippen LogP contribution in [-0.2, 0) is 9.59 Å². The van der Waals surface area contributed by atoms with Crippen molar-refractivity contribution >= 4 is 46.7 Å². The molecule has 3 atom stereocenters. The van der Waals surface area contributed by atoms with Gasteiger partial charge >= 0.3 is 6.03 Å². The molecule has 2 aliphatic rings. The lowest BCUT2D eigenvalue weighted by Gasteiger charge is -2.42. The first kappa shape index (κ1) is 22.7. The quantitative estimate of drug-likeness (QED) is 0.568. The molecule has 4 amide bonds. The standard InChI is InChI=1S/C20H27Cl2N5O3/c1-12(10-20(3-4-23)18(29)24-19(30)25-20)17(28)26-5-6-27(13(2)11-26)16-8-14(21)7-15(22)9-16/h7-9,12-13H,3-6,10-11,23H2,1-2H3,(H2,24,25,29,30)/t12?,13-,20?/m0/s1. The van der Waals surface area contributed by atoms with Crippen molar-refractivity contribution < 1.29 is 14.4 Å². The topological polar surface area (TPSA) is 108 Å². The lowest BCUT2D eigenvalue weighted by molar-refractivity contribution is -0.137. The van der Waals surface area contributed by atoms with E-state index in [0.717, 1.165) is 5.69 Å². The molecule has 0 aromatic heterocycles. The largest absolute Gasteiger partial charge is 0.365 e. The summed E-state index contributed by atoms with van der Waals surface area (Å²) in [5.74, 6) is -0.912. The maximum absolute atomic E-state index is 13.1. The van der Waals surface area contributed by atoms with Gasteiger partial charge in [0.2, 0.25) is 5.91 Å². The van der Waals surface area contributed by atoms with E-state index in [1.807, 2.05) is 24.0 Å². The zero-order valence-corrected chi connectivity index (χ0v) is 18.6. The minimum absolute atomic E-state index is 0.0454. The lowest BCUT2D eigenvalue weighted by atomic mass is 9.84. The number of nitrogens with one attached hydrogen (secondary N) is 2. The highest BCUT2D eigenvalue weighted by Gasteiger charge is 2.47. The number of urea groups is 1. The monoisotopic (exact) mass is 455 g/mol. The van der Waals surface area contributed by atoms with E-state index in [-0.39, 0.29) is 31.3 Å². The number of piperazine rings is 1. The number of benzene rings is 1. The van der Waals surface area contributed by atoms with Crippen molar-refractivity contribution in [3.05, 3.63) is 28.2 Å². The van der Waals surface area contributed by atoms with Gasteiger partial charge in [-0.15, -0.1) is 0 Å². The fourth-order valence-corrected chi connectivity index (χ4v) is 4.88. The number of carbonyl (C=O) groups is 3. The molecule has 0 spiro atoms. The number of hydrogen-bond acceptors (Lipinski definition) is 5. The minimum Gasteiger partial charge on any atom is -0.365 e. The summed E-state index contributed by atoms with van der Waals surface area (Å²) in [7, 11) is 0. The molecule has 2 heterocycles. The second kappa shape index (κ2) is 8.99. The summed E-state index contributed by atoms with van der Waals surface area (Å²) in [6.45, 7) is 5.77. The summed E-state index contributed by atoms with van der Waals surface area (Å²) in [4.78, 5) is 41.1. The molecule has 4 N–H and O–H groups in total. The molecule has 0 aliphatic carbocycles. The van der Waals surface area contributed by atoms with E-state index in [2.05, 4.69) is 15.5 Å². The van der Waals surface area contributed by atoms with E-state index in [4.69, 9.17) is 28.9 Å². The second-order valence-corrected chi connectivity index (χ2v) is 8.96. The normalized spacial score (nSPS) is 25.2. The Balaban J connectivity index is 1.66. The Bertz CT molecular complexity index is 831. The molecule has 0 radical (unpaired) electrons. The van der Waals surface area contributed by atoms with E-state index in [1.165, 1.54) is 0 Å². The zero-order chi connectivity index (χ0) is 22.1. The third kappa shape index (κ3) is 4.66. The molecule has 2 unspecified atom stereocenters. The molecule has 1 aromatic rings. The smallest absolute Gasteiger partial charge is 0.322 e. The Kier molecular flexibility index (Phi) is 6.79. The molecule has 8 nitrogen and oxygen atoms in total. The Morgan fingerprint density at radius 2 is 1.93 bits per heavy atom. The number of carbonyl (C=O) groups excluding carboxylic acids is 3. The van der Waals surface area contributed by atoms with Crippen molar-refractivity contribution in [1.82, 2.24) is 15.5 Å².